The van der Waals surface area contributed by atoms with Crippen LogP contribution >= 0.6 is 0 Å². The summed E-state index contributed by atoms with van der Waals surface area (Å²) < 4.78 is 0. The lowest BCUT2D eigenvalue weighted by Crippen LogP contribution is -2.19. The highest BCUT2D eigenvalue weighted by molar-refractivity contribution is 4.60. The minimum Gasteiger partial charge on any atom is -0.328 e. The Hall–Kier alpha value is -0.0400. The second-order valence-corrected chi connectivity index (χ2v) is 3.52. The van der Waals surface area contributed by atoms with E-state index >= 15 is 0 Å². The first-order chi connectivity index (χ1) is 4.66. The first-order valence-electron chi connectivity index (χ1n) is 4.42. The lowest BCUT2D eigenvalue weighted by molar-refractivity contribution is 0.475. The fraction of sp³-hybridized carbons (Fsp3) is 1.00. The molecular weight excluding hydrogens is 122 g/mol. The minimum atomic E-state index is 0.451. The summed E-state index contributed by atoms with van der Waals surface area (Å²) in [7, 11) is 0. The van der Waals surface area contributed by atoms with Gasteiger partial charge in [-0.25, -0.2) is 0 Å². The predicted octanol–water partition coefficient (Wildman–Crippen LogP) is 2.55. The molecule has 0 saturated heterocycles. The van der Waals surface area contributed by atoms with E-state index in [0.717, 1.165) is 5.92 Å². The highest BCUT2D eigenvalue weighted by Crippen LogP contribution is 2.08. The Kier molecular flexibility index (Phi) is 5.70. The van der Waals surface area contributed by atoms with E-state index in [1.54, 1.807) is 0 Å². The van der Waals surface area contributed by atoms with Crippen molar-refractivity contribution in [2.75, 3.05) is 0 Å². The fourth-order valence-corrected chi connectivity index (χ4v) is 1.06. The molecule has 0 radical (unpaired) electrons. The van der Waals surface area contributed by atoms with Crippen LogP contribution in [0.25, 0.3) is 0 Å². The van der Waals surface area contributed by atoms with Crippen LogP contribution in [-0.2, 0) is 0 Å². The summed E-state index contributed by atoms with van der Waals surface area (Å²) >= 11 is 0. The van der Waals surface area contributed by atoms with Gasteiger partial charge in [-0.15, -0.1) is 0 Å². The molecule has 0 aromatic heterocycles. The van der Waals surface area contributed by atoms with Gasteiger partial charge in [0.05, 0.1) is 0 Å². The summed E-state index contributed by atoms with van der Waals surface area (Å²) in [4.78, 5) is 0. The van der Waals surface area contributed by atoms with Crippen LogP contribution in [0.1, 0.15) is 46.5 Å². The van der Waals surface area contributed by atoms with Crippen LogP contribution in [0.15, 0.2) is 0 Å². The molecule has 0 aromatic carbocycles. The van der Waals surface area contributed by atoms with Gasteiger partial charge in [-0.05, 0) is 25.2 Å². The van der Waals surface area contributed by atoms with Gasteiger partial charge in [0.15, 0.2) is 0 Å². The van der Waals surface area contributed by atoms with Crippen molar-refractivity contribution in [1.82, 2.24) is 0 Å². The van der Waals surface area contributed by atoms with Crippen molar-refractivity contribution in [3.63, 3.8) is 0 Å². The minimum absolute atomic E-state index is 0.451. The Morgan fingerprint density at radius 1 is 1.10 bits per heavy atom. The molecule has 0 aromatic rings. The Bertz CT molecular complexity index is 69.1. The molecule has 0 saturated carbocycles. The molecule has 2 N–H and O–H groups in total. The predicted molar refractivity (Wildman–Crippen MR) is 47.0 cm³/mol. The van der Waals surface area contributed by atoms with Gasteiger partial charge >= 0.3 is 0 Å². The van der Waals surface area contributed by atoms with Gasteiger partial charge in [0.1, 0.15) is 0 Å². The van der Waals surface area contributed by atoms with Crippen molar-refractivity contribution >= 4 is 0 Å². The van der Waals surface area contributed by atoms with Crippen molar-refractivity contribution in [1.29, 1.82) is 0 Å². The largest absolute Gasteiger partial charge is 0.328 e. The molecule has 1 unspecified atom stereocenters. The third-order valence-electron chi connectivity index (χ3n) is 1.77. The van der Waals surface area contributed by atoms with Crippen LogP contribution in [0.4, 0.5) is 0 Å². The zero-order valence-electron chi connectivity index (χ0n) is 7.56. The van der Waals surface area contributed by atoms with Gasteiger partial charge in [-0.1, -0.05) is 27.2 Å². The average Bonchev–Trinajstić information content (AvgIpc) is 1.85. The SMILES string of the molecule is CCCC(N)CCC(C)C. The highest BCUT2D eigenvalue weighted by Gasteiger charge is 2.01. The van der Waals surface area contributed by atoms with E-state index in [4.69, 9.17) is 5.73 Å². The van der Waals surface area contributed by atoms with E-state index in [9.17, 15) is 0 Å². The number of rotatable bonds is 5. The lowest BCUT2D eigenvalue weighted by atomic mass is 10.0. The van der Waals surface area contributed by atoms with Gasteiger partial charge in [0.2, 0.25) is 0 Å². The maximum atomic E-state index is 5.83. The van der Waals surface area contributed by atoms with Crippen molar-refractivity contribution in [2.45, 2.75) is 52.5 Å². The van der Waals surface area contributed by atoms with Crippen LogP contribution in [0, 0.1) is 5.92 Å². The number of hydrogen-bond donors (Lipinski definition) is 1. The summed E-state index contributed by atoms with van der Waals surface area (Å²) in [5.41, 5.74) is 5.83. The molecule has 62 valence electrons. The maximum Gasteiger partial charge on any atom is 0.00388 e. The van der Waals surface area contributed by atoms with Crippen molar-refractivity contribution in [2.24, 2.45) is 11.7 Å². The lowest BCUT2D eigenvalue weighted by Gasteiger charge is -2.10. The molecule has 1 heteroatoms. The standard InChI is InChI=1S/C9H21N/c1-4-5-9(10)7-6-8(2)3/h8-9H,4-7,10H2,1-3H3. The molecule has 1 atom stereocenters. The molecule has 0 rings (SSSR count). The second kappa shape index (κ2) is 5.72. The van der Waals surface area contributed by atoms with E-state index in [-0.39, 0.29) is 0 Å². The molecule has 0 fully saturated rings. The monoisotopic (exact) mass is 143 g/mol. The highest BCUT2D eigenvalue weighted by atomic mass is 14.6. The molecular formula is C9H21N. The summed E-state index contributed by atoms with van der Waals surface area (Å²) in [6.07, 6.45) is 4.89. The van der Waals surface area contributed by atoms with E-state index in [1.807, 2.05) is 0 Å². The summed E-state index contributed by atoms with van der Waals surface area (Å²) in [6.45, 7) is 6.69. The number of nitrogens with two attached hydrogens (primary N) is 1. The molecule has 0 heterocycles. The van der Waals surface area contributed by atoms with Crippen molar-refractivity contribution < 1.29 is 0 Å². The summed E-state index contributed by atoms with van der Waals surface area (Å²) in [6, 6.07) is 0.451. The molecule has 0 amide bonds. The van der Waals surface area contributed by atoms with Crippen LogP contribution in [-0.4, -0.2) is 6.04 Å². The maximum absolute atomic E-state index is 5.83. The Balaban J connectivity index is 3.12. The molecule has 0 aliphatic carbocycles. The fourth-order valence-electron chi connectivity index (χ4n) is 1.06. The topological polar surface area (TPSA) is 26.0 Å². The molecule has 1 nitrogen and oxygen atoms in total. The molecule has 0 aliphatic rings. The van der Waals surface area contributed by atoms with Crippen molar-refractivity contribution in [3.05, 3.63) is 0 Å². The van der Waals surface area contributed by atoms with E-state index in [1.165, 1.54) is 25.7 Å². The van der Waals surface area contributed by atoms with E-state index in [2.05, 4.69) is 20.8 Å². The van der Waals surface area contributed by atoms with Gasteiger partial charge in [-0.3, -0.25) is 0 Å². The third kappa shape index (κ3) is 6.09. The average molecular weight is 143 g/mol. The molecule has 0 aliphatic heterocycles. The Labute approximate surface area is 65.0 Å². The van der Waals surface area contributed by atoms with Gasteiger partial charge in [0, 0.05) is 6.04 Å². The van der Waals surface area contributed by atoms with Gasteiger partial charge < -0.3 is 5.73 Å². The summed E-state index contributed by atoms with van der Waals surface area (Å²) in [5, 5.41) is 0. The Morgan fingerprint density at radius 3 is 2.10 bits per heavy atom. The molecule has 0 spiro atoms. The van der Waals surface area contributed by atoms with Crippen LogP contribution < -0.4 is 5.73 Å². The smallest absolute Gasteiger partial charge is 0.00388 e. The van der Waals surface area contributed by atoms with Gasteiger partial charge in [-0.2, -0.15) is 0 Å². The normalized spacial score (nSPS) is 14.1. The first-order valence-corrected chi connectivity index (χ1v) is 4.42. The zero-order chi connectivity index (χ0) is 7.98. The van der Waals surface area contributed by atoms with Crippen LogP contribution in [0.3, 0.4) is 0 Å². The van der Waals surface area contributed by atoms with E-state index < -0.39 is 0 Å². The number of hydrogen-bond acceptors (Lipinski definition) is 1. The summed E-state index contributed by atoms with van der Waals surface area (Å²) in [5.74, 6) is 0.808. The first kappa shape index (κ1) is 9.96. The van der Waals surface area contributed by atoms with E-state index in [0.29, 0.717) is 6.04 Å². The molecule has 10 heavy (non-hydrogen) atoms. The zero-order valence-corrected chi connectivity index (χ0v) is 7.56. The third-order valence-corrected chi connectivity index (χ3v) is 1.77. The quantitative estimate of drug-likeness (QED) is 0.629. The Morgan fingerprint density at radius 2 is 1.70 bits per heavy atom. The van der Waals surface area contributed by atoms with Crippen LogP contribution in [0.2, 0.25) is 0 Å². The van der Waals surface area contributed by atoms with Gasteiger partial charge in [0.25, 0.3) is 0 Å². The van der Waals surface area contributed by atoms with Crippen LogP contribution in [0.5, 0.6) is 0 Å². The molecule has 0 bridgehead atoms. The van der Waals surface area contributed by atoms with Crippen molar-refractivity contribution in [3.8, 4) is 0 Å². The second-order valence-electron chi connectivity index (χ2n) is 3.52.